The molecule has 0 saturated heterocycles. The summed E-state index contributed by atoms with van der Waals surface area (Å²) in [6.07, 6.45) is 2.11. The Kier molecular flexibility index (Phi) is 4.60. The van der Waals surface area contributed by atoms with Crippen molar-refractivity contribution < 1.29 is 4.39 Å². The van der Waals surface area contributed by atoms with Crippen molar-refractivity contribution in [2.75, 3.05) is 6.54 Å². The summed E-state index contributed by atoms with van der Waals surface area (Å²) in [7, 11) is 0. The van der Waals surface area contributed by atoms with Crippen LogP contribution in [0.4, 0.5) is 4.39 Å². The fourth-order valence-electron chi connectivity index (χ4n) is 1.48. The van der Waals surface area contributed by atoms with Crippen molar-refractivity contribution in [3.8, 4) is 0 Å². The number of aryl methyl sites for hydroxylation is 1. The molecule has 1 N–H and O–H groups in total. The minimum absolute atomic E-state index is 0.159. The maximum absolute atomic E-state index is 12.6. The lowest BCUT2D eigenvalue weighted by molar-refractivity contribution is 0.530. The summed E-state index contributed by atoms with van der Waals surface area (Å²) >= 11 is 0. The van der Waals surface area contributed by atoms with E-state index in [2.05, 4.69) is 19.2 Å². The topological polar surface area (TPSA) is 12.0 Å². The van der Waals surface area contributed by atoms with Crippen LogP contribution in [0, 0.1) is 5.82 Å². The maximum Gasteiger partial charge on any atom is 0.123 e. The van der Waals surface area contributed by atoms with Crippen molar-refractivity contribution in [3.63, 3.8) is 0 Å². The number of rotatable bonds is 5. The average molecular weight is 195 g/mol. The number of hydrogen-bond donors (Lipinski definition) is 1. The molecule has 0 saturated carbocycles. The Morgan fingerprint density at radius 3 is 2.50 bits per heavy atom. The summed E-state index contributed by atoms with van der Waals surface area (Å²) in [6.45, 7) is 5.28. The summed E-state index contributed by atoms with van der Waals surface area (Å²) in [5.74, 6) is -0.159. The smallest absolute Gasteiger partial charge is 0.123 e. The summed E-state index contributed by atoms with van der Waals surface area (Å²) in [5.41, 5.74) is 1.20. The van der Waals surface area contributed by atoms with E-state index < -0.39 is 0 Å². The third-order valence-corrected chi connectivity index (χ3v) is 2.33. The molecule has 1 rings (SSSR count). The summed E-state index contributed by atoms with van der Waals surface area (Å²) in [4.78, 5) is 0. The van der Waals surface area contributed by atoms with E-state index in [0.29, 0.717) is 6.04 Å². The first-order chi connectivity index (χ1) is 6.72. The minimum Gasteiger partial charge on any atom is -0.315 e. The Bertz CT molecular complexity index is 256. The van der Waals surface area contributed by atoms with Gasteiger partial charge in [-0.05, 0) is 44.0 Å². The second-order valence-corrected chi connectivity index (χ2v) is 3.62. The molecule has 1 aromatic carbocycles. The van der Waals surface area contributed by atoms with Gasteiger partial charge in [0, 0.05) is 6.04 Å². The predicted octanol–water partition coefficient (Wildman–Crippen LogP) is 2.76. The highest BCUT2D eigenvalue weighted by Crippen LogP contribution is 2.06. The number of hydrogen-bond acceptors (Lipinski definition) is 1. The van der Waals surface area contributed by atoms with Gasteiger partial charge in [-0.25, -0.2) is 4.39 Å². The van der Waals surface area contributed by atoms with Crippen LogP contribution in [-0.4, -0.2) is 12.6 Å². The molecule has 0 heterocycles. The Balaban J connectivity index is 2.34. The van der Waals surface area contributed by atoms with E-state index in [9.17, 15) is 4.39 Å². The zero-order valence-electron chi connectivity index (χ0n) is 8.89. The quantitative estimate of drug-likeness (QED) is 0.761. The fourth-order valence-corrected chi connectivity index (χ4v) is 1.48. The number of benzene rings is 1. The van der Waals surface area contributed by atoms with Crippen LogP contribution in [0.2, 0.25) is 0 Å². The predicted molar refractivity (Wildman–Crippen MR) is 57.9 cm³/mol. The third kappa shape index (κ3) is 3.88. The Hall–Kier alpha value is -0.890. The number of nitrogens with one attached hydrogen (secondary N) is 1. The standard InChI is InChI=1S/C12H18FN/c1-3-14-10(2)4-5-11-6-8-12(13)9-7-11/h6-10,14H,3-5H2,1-2H3. The SMILES string of the molecule is CCNC(C)CCc1ccc(F)cc1. The van der Waals surface area contributed by atoms with Crippen LogP contribution >= 0.6 is 0 Å². The van der Waals surface area contributed by atoms with Gasteiger partial charge in [-0.2, -0.15) is 0 Å². The van der Waals surface area contributed by atoms with Crippen molar-refractivity contribution >= 4 is 0 Å². The molecule has 1 nitrogen and oxygen atoms in total. The van der Waals surface area contributed by atoms with Gasteiger partial charge in [0.15, 0.2) is 0 Å². The molecule has 0 spiro atoms. The number of halogens is 1. The third-order valence-electron chi connectivity index (χ3n) is 2.33. The van der Waals surface area contributed by atoms with Crippen LogP contribution < -0.4 is 5.32 Å². The van der Waals surface area contributed by atoms with Gasteiger partial charge in [-0.1, -0.05) is 19.1 Å². The van der Waals surface area contributed by atoms with Gasteiger partial charge >= 0.3 is 0 Å². The summed E-state index contributed by atoms with van der Waals surface area (Å²) in [5, 5.41) is 3.35. The average Bonchev–Trinajstić information content (AvgIpc) is 2.17. The van der Waals surface area contributed by atoms with Gasteiger partial charge < -0.3 is 5.32 Å². The second-order valence-electron chi connectivity index (χ2n) is 3.62. The van der Waals surface area contributed by atoms with Gasteiger partial charge in [-0.3, -0.25) is 0 Å². The van der Waals surface area contributed by atoms with Crippen LogP contribution in [-0.2, 0) is 6.42 Å². The lowest BCUT2D eigenvalue weighted by Crippen LogP contribution is -2.25. The van der Waals surface area contributed by atoms with E-state index in [1.165, 1.54) is 17.7 Å². The molecule has 0 amide bonds. The molecule has 1 aromatic rings. The van der Waals surface area contributed by atoms with E-state index in [1.807, 2.05) is 12.1 Å². The Morgan fingerprint density at radius 1 is 1.29 bits per heavy atom. The molecule has 0 aliphatic rings. The highest BCUT2D eigenvalue weighted by molar-refractivity contribution is 5.16. The Labute approximate surface area is 85.3 Å². The van der Waals surface area contributed by atoms with Gasteiger partial charge in [-0.15, -0.1) is 0 Å². The molecular formula is C12H18FN. The first-order valence-electron chi connectivity index (χ1n) is 5.20. The molecule has 0 fully saturated rings. The first kappa shape index (κ1) is 11.2. The molecule has 1 unspecified atom stereocenters. The van der Waals surface area contributed by atoms with E-state index in [1.54, 1.807) is 0 Å². The zero-order chi connectivity index (χ0) is 10.4. The van der Waals surface area contributed by atoms with E-state index in [-0.39, 0.29) is 5.82 Å². The zero-order valence-corrected chi connectivity index (χ0v) is 8.89. The first-order valence-corrected chi connectivity index (χ1v) is 5.20. The molecule has 0 aromatic heterocycles. The summed E-state index contributed by atoms with van der Waals surface area (Å²) < 4.78 is 12.6. The van der Waals surface area contributed by atoms with Gasteiger partial charge in [0.2, 0.25) is 0 Å². The van der Waals surface area contributed by atoms with E-state index >= 15 is 0 Å². The van der Waals surface area contributed by atoms with Crippen molar-refractivity contribution in [2.45, 2.75) is 32.7 Å². The molecule has 14 heavy (non-hydrogen) atoms. The fraction of sp³-hybridized carbons (Fsp3) is 0.500. The molecule has 78 valence electrons. The lowest BCUT2D eigenvalue weighted by Gasteiger charge is -2.11. The molecule has 0 radical (unpaired) electrons. The lowest BCUT2D eigenvalue weighted by atomic mass is 10.1. The van der Waals surface area contributed by atoms with Gasteiger partial charge in [0.05, 0.1) is 0 Å². The van der Waals surface area contributed by atoms with Gasteiger partial charge in [0.1, 0.15) is 5.82 Å². The monoisotopic (exact) mass is 195 g/mol. The van der Waals surface area contributed by atoms with Crippen LogP contribution in [0.15, 0.2) is 24.3 Å². The molecule has 2 heteroatoms. The largest absolute Gasteiger partial charge is 0.315 e. The summed E-state index contributed by atoms with van der Waals surface area (Å²) in [6, 6.07) is 7.28. The van der Waals surface area contributed by atoms with E-state index in [0.717, 1.165) is 19.4 Å². The van der Waals surface area contributed by atoms with Crippen LogP contribution in [0.3, 0.4) is 0 Å². The van der Waals surface area contributed by atoms with Crippen LogP contribution in [0.5, 0.6) is 0 Å². The van der Waals surface area contributed by atoms with Crippen molar-refractivity contribution in [3.05, 3.63) is 35.6 Å². The van der Waals surface area contributed by atoms with Crippen molar-refractivity contribution in [1.82, 2.24) is 5.32 Å². The second kappa shape index (κ2) is 5.76. The minimum atomic E-state index is -0.159. The highest BCUT2D eigenvalue weighted by Gasteiger charge is 2.00. The van der Waals surface area contributed by atoms with Crippen LogP contribution in [0.1, 0.15) is 25.8 Å². The van der Waals surface area contributed by atoms with Crippen molar-refractivity contribution in [1.29, 1.82) is 0 Å². The molecule has 0 aliphatic carbocycles. The van der Waals surface area contributed by atoms with Crippen molar-refractivity contribution in [2.24, 2.45) is 0 Å². The molecule has 1 atom stereocenters. The molecular weight excluding hydrogens is 177 g/mol. The maximum atomic E-state index is 12.6. The molecule has 0 aliphatic heterocycles. The molecule has 0 bridgehead atoms. The Morgan fingerprint density at radius 2 is 1.93 bits per heavy atom. The van der Waals surface area contributed by atoms with Crippen LogP contribution in [0.25, 0.3) is 0 Å². The van der Waals surface area contributed by atoms with Gasteiger partial charge in [0.25, 0.3) is 0 Å². The normalized spacial score (nSPS) is 12.8. The highest BCUT2D eigenvalue weighted by atomic mass is 19.1. The van der Waals surface area contributed by atoms with E-state index in [4.69, 9.17) is 0 Å².